The third-order valence-electron chi connectivity index (χ3n) is 5.28. The van der Waals surface area contributed by atoms with Crippen molar-refractivity contribution in [3.63, 3.8) is 0 Å². The van der Waals surface area contributed by atoms with Crippen LogP contribution in [0.1, 0.15) is 0 Å². The molecule has 5 rings (SSSR count). The summed E-state index contributed by atoms with van der Waals surface area (Å²) in [5.41, 5.74) is 1.84. The van der Waals surface area contributed by atoms with E-state index in [0.717, 1.165) is 0 Å². The lowest BCUT2D eigenvalue weighted by Gasteiger charge is -2.69. The van der Waals surface area contributed by atoms with Gasteiger partial charge in [0.1, 0.15) is 23.9 Å². The summed E-state index contributed by atoms with van der Waals surface area (Å²) >= 11 is 0. The van der Waals surface area contributed by atoms with Crippen LogP contribution in [-0.4, -0.2) is 91.0 Å². The number of nitrogens with one attached hydrogen (secondary N) is 2. The van der Waals surface area contributed by atoms with Gasteiger partial charge in [-0.05, 0) is 0 Å². The van der Waals surface area contributed by atoms with Gasteiger partial charge in [-0.15, -0.1) is 0 Å². The zero-order chi connectivity index (χ0) is 16.1. The molecule has 3 saturated heterocycles. The van der Waals surface area contributed by atoms with Gasteiger partial charge < -0.3 is 40.1 Å². The van der Waals surface area contributed by atoms with Crippen LogP contribution >= 0.6 is 0 Å². The third kappa shape index (κ3) is 1.28. The third-order valence-corrected chi connectivity index (χ3v) is 5.28. The van der Waals surface area contributed by atoms with Crippen molar-refractivity contribution in [2.24, 2.45) is 11.7 Å². The first kappa shape index (κ1) is 14.5. The van der Waals surface area contributed by atoms with E-state index in [1.165, 1.54) is 0 Å². The van der Waals surface area contributed by atoms with Gasteiger partial charge in [0.25, 0.3) is 0 Å². The second-order valence-electron chi connectivity index (χ2n) is 6.29. The number of hydrogen-bond acceptors (Lipinski definition) is 10. The Kier molecular flexibility index (Phi) is 2.57. The Morgan fingerprint density at radius 1 is 1.18 bits per heavy atom. The summed E-state index contributed by atoms with van der Waals surface area (Å²) in [5, 5.41) is 64.5. The number of hydrogen-bond donors (Lipinski definition) is 9. The Balaban J connectivity index is 1.95. The van der Waals surface area contributed by atoms with Gasteiger partial charge in [-0.25, -0.2) is 0 Å². The molecule has 4 aliphatic heterocycles. The molecule has 22 heavy (non-hydrogen) atoms. The molecule has 0 aromatic heterocycles. The molecule has 4 heterocycles. The number of guanidine groups is 1. The fourth-order valence-corrected chi connectivity index (χ4v) is 4.30. The Morgan fingerprint density at radius 2 is 1.82 bits per heavy atom. The molecule has 124 valence electrons. The smallest absolute Gasteiger partial charge is 0.343 e. The van der Waals surface area contributed by atoms with Gasteiger partial charge in [-0.2, -0.15) is 0 Å². The van der Waals surface area contributed by atoms with E-state index in [1.54, 1.807) is 0 Å². The van der Waals surface area contributed by atoms with Crippen molar-refractivity contribution in [2.45, 2.75) is 47.8 Å². The molecule has 1 spiro atoms. The van der Waals surface area contributed by atoms with Crippen molar-refractivity contribution >= 4 is 5.96 Å². The van der Waals surface area contributed by atoms with E-state index in [1.807, 2.05) is 0 Å². The number of nitrogens with two attached hydrogens (primary N) is 1. The van der Waals surface area contributed by atoms with Gasteiger partial charge in [-0.1, -0.05) is 0 Å². The van der Waals surface area contributed by atoms with Gasteiger partial charge >= 0.3 is 11.9 Å². The molecule has 0 aromatic rings. The lowest BCUT2D eigenvalue weighted by molar-refractivity contribution is -0.621. The molecule has 8 unspecified atom stereocenters. The Bertz CT molecular complexity index is 561. The minimum absolute atomic E-state index is 0.125. The van der Waals surface area contributed by atoms with Crippen LogP contribution in [-0.2, 0) is 9.47 Å². The monoisotopic (exact) mass is 320 g/mol. The molecular formula is C11H18N3O8+. The quantitative estimate of drug-likeness (QED) is 0.224. The van der Waals surface area contributed by atoms with Crippen LogP contribution in [0.4, 0.5) is 0 Å². The highest BCUT2D eigenvalue weighted by Crippen LogP contribution is 2.57. The molecule has 1 saturated carbocycles. The van der Waals surface area contributed by atoms with E-state index in [-0.39, 0.29) is 5.96 Å². The summed E-state index contributed by atoms with van der Waals surface area (Å²) in [5.74, 6) is -3.75. The first-order valence-corrected chi connectivity index (χ1v) is 6.83. The van der Waals surface area contributed by atoms with E-state index >= 15 is 0 Å². The molecule has 4 fully saturated rings. The maximum atomic E-state index is 10.6. The predicted octanol–water partition coefficient (Wildman–Crippen LogP) is -7.44. The predicted molar refractivity (Wildman–Crippen MR) is 64.3 cm³/mol. The maximum Gasteiger partial charge on any atom is 0.343 e. The minimum atomic E-state index is -2.50. The largest absolute Gasteiger partial charge is 0.393 e. The molecule has 4 bridgehead atoms. The van der Waals surface area contributed by atoms with Crippen molar-refractivity contribution in [3.8, 4) is 0 Å². The molecular weight excluding hydrogens is 302 g/mol. The van der Waals surface area contributed by atoms with Gasteiger partial charge in [0.15, 0.2) is 17.9 Å². The first-order chi connectivity index (χ1) is 10.2. The fourth-order valence-electron chi connectivity index (χ4n) is 4.30. The highest BCUT2D eigenvalue weighted by atomic mass is 16.9. The maximum absolute atomic E-state index is 10.6. The molecule has 5 aliphatic rings. The van der Waals surface area contributed by atoms with Gasteiger partial charge in [0, 0.05) is 0 Å². The van der Waals surface area contributed by atoms with Crippen LogP contribution in [0.25, 0.3) is 0 Å². The topological polar surface area (TPSA) is 192 Å². The van der Waals surface area contributed by atoms with Crippen molar-refractivity contribution in [3.05, 3.63) is 0 Å². The number of rotatable bonds is 1. The molecule has 1 aliphatic carbocycles. The number of aliphatic hydroxyl groups is 6. The Hall–Kier alpha value is -1.05. The van der Waals surface area contributed by atoms with Crippen molar-refractivity contribution in [1.29, 1.82) is 0 Å². The van der Waals surface area contributed by atoms with Crippen molar-refractivity contribution < 1.29 is 45.1 Å². The van der Waals surface area contributed by atoms with Crippen molar-refractivity contribution in [1.82, 2.24) is 5.32 Å². The molecule has 11 heteroatoms. The van der Waals surface area contributed by atoms with Crippen LogP contribution in [0.5, 0.6) is 0 Å². The molecule has 11 nitrogen and oxygen atoms in total. The summed E-state index contributed by atoms with van der Waals surface area (Å²) in [6.45, 7) is -0.843. The molecule has 0 aromatic carbocycles. The number of ether oxygens (including phenoxy) is 2. The van der Waals surface area contributed by atoms with Crippen LogP contribution in [0.2, 0.25) is 0 Å². The Labute approximate surface area is 123 Å². The summed E-state index contributed by atoms with van der Waals surface area (Å²) in [6.07, 6.45) is -7.56. The second-order valence-corrected chi connectivity index (χ2v) is 6.29. The molecule has 10 N–H and O–H groups in total. The van der Waals surface area contributed by atoms with Crippen LogP contribution in [0, 0.1) is 5.92 Å². The summed E-state index contributed by atoms with van der Waals surface area (Å²) in [7, 11) is 0. The second kappa shape index (κ2) is 3.88. The zero-order valence-electron chi connectivity index (χ0n) is 11.2. The summed E-state index contributed by atoms with van der Waals surface area (Å²) < 4.78 is 10.3. The van der Waals surface area contributed by atoms with Gasteiger partial charge in [-0.3, -0.25) is 16.0 Å². The average Bonchev–Trinajstić information content (AvgIpc) is 2.45. The van der Waals surface area contributed by atoms with E-state index in [0.29, 0.717) is 0 Å². The Morgan fingerprint density at radius 3 is 2.45 bits per heavy atom. The highest BCUT2D eigenvalue weighted by Gasteiger charge is 2.84. The van der Waals surface area contributed by atoms with Crippen molar-refractivity contribution in [2.75, 3.05) is 6.61 Å². The van der Waals surface area contributed by atoms with E-state index < -0.39 is 60.3 Å². The molecule has 9 atom stereocenters. The van der Waals surface area contributed by atoms with Crippen LogP contribution < -0.4 is 16.0 Å². The minimum Gasteiger partial charge on any atom is -0.393 e. The summed E-state index contributed by atoms with van der Waals surface area (Å²) in [4.78, 5) is 2.47. The van der Waals surface area contributed by atoms with E-state index in [9.17, 15) is 30.6 Å². The number of aliphatic hydroxyl groups excluding tert-OH is 4. The van der Waals surface area contributed by atoms with Crippen LogP contribution in [0.3, 0.4) is 0 Å². The van der Waals surface area contributed by atoms with Gasteiger partial charge in [0.2, 0.25) is 0 Å². The fraction of sp³-hybridized carbons (Fsp3) is 0.909. The zero-order valence-corrected chi connectivity index (χ0v) is 11.2. The molecule has 0 amide bonds. The van der Waals surface area contributed by atoms with Crippen LogP contribution in [0.15, 0.2) is 0 Å². The first-order valence-electron chi connectivity index (χ1n) is 6.83. The SMILES string of the molecule is NC1=[NH+]C(O)C2C3OC4(O)OC(C(O)C2(N1)[C@@H]4O)C3(O)CO. The lowest BCUT2D eigenvalue weighted by Crippen LogP contribution is -3.03. The van der Waals surface area contributed by atoms with E-state index in [2.05, 4.69) is 10.3 Å². The average molecular weight is 320 g/mol. The summed E-state index contributed by atoms with van der Waals surface area (Å²) in [6, 6.07) is 0. The van der Waals surface area contributed by atoms with Gasteiger partial charge in [0.05, 0.1) is 12.5 Å². The highest BCUT2D eigenvalue weighted by molar-refractivity contribution is 5.74. The normalized spacial score (nSPS) is 62.4. The van der Waals surface area contributed by atoms with E-state index in [4.69, 9.17) is 15.2 Å². The standard InChI is InChI=1S/C11H17N3O8/c12-8-13-6(17)2-4-9(19,1-15)5-3(16)10(2,14-8)7(18)11(20,21-4)22-5/h2-7,15-20H,1H2,(H3,12,13,14)/p+1/t2?,3?,4?,5?,6?,7-,9?,10?,11?/m0/s1. The lowest BCUT2D eigenvalue weighted by atomic mass is 9.55. The molecule has 0 radical (unpaired) electrons.